The van der Waals surface area contributed by atoms with Gasteiger partial charge in [-0.05, 0) is 103 Å². The Morgan fingerprint density at radius 3 is 2.54 bits per heavy atom. The van der Waals surface area contributed by atoms with Gasteiger partial charge >= 0.3 is 0 Å². The summed E-state index contributed by atoms with van der Waals surface area (Å²) in [5.74, 6) is 4.31. The molecule has 0 radical (unpaired) electrons. The van der Waals surface area contributed by atoms with Gasteiger partial charge in [-0.15, -0.1) is 0 Å². The topological polar surface area (TPSA) is 49.7 Å². The molecule has 0 bridgehead atoms. The molecular weight excluding hydrogens is 348 g/mol. The van der Waals surface area contributed by atoms with Crippen LogP contribution in [0, 0.1) is 35.0 Å². The lowest BCUT2D eigenvalue weighted by molar-refractivity contribution is -0.0317. The molecule has 0 saturated heterocycles. The molecule has 3 aliphatic carbocycles. The predicted octanol–water partition coefficient (Wildman–Crippen LogP) is 5.53. The molecule has 4 rings (SSSR count). The third-order valence-corrected chi connectivity index (χ3v) is 8.95. The molecule has 0 amide bonds. The summed E-state index contributed by atoms with van der Waals surface area (Å²) < 4.78 is 5.42. The van der Waals surface area contributed by atoms with E-state index in [9.17, 15) is 10.2 Å². The highest BCUT2D eigenvalue weighted by Crippen LogP contribution is 2.65. The van der Waals surface area contributed by atoms with Gasteiger partial charge in [0.15, 0.2) is 11.5 Å². The van der Waals surface area contributed by atoms with Crippen molar-refractivity contribution in [2.45, 2.75) is 78.2 Å². The predicted molar refractivity (Wildman–Crippen MR) is 113 cm³/mol. The maximum atomic E-state index is 10.8. The number of hydrogen-bond acceptors (Lipinski definition) is 3. The second-order valence-electron chi connectivity index (χ2n) is 10.5. The number of ether oxygens (including phenoxy) is 1. The largest absolute Gasteiger partial charge is 0.504 e. The van der Waals surface area contributed by atoms with Crippen molar-refractivity contribution in [3.05, 3.63) is 23.3 Å². The van der Waals surface area contributed by atoms with Crippen LogP contribution in [0.2, 0.25) is 0 Å². The van der Waals surface area contributed by atoms with Gasteiger partial charge in [-0.2, -0.15) is 0 Å². The summed E-state index contributed by atoms with van der Waals surface area (Å²) in [4.78, 5) is 0. The van der Waals surface area contributed by atoms with Crippen LogP contribution in [0.5, 0.6) is 11.5 Å². The number of benzene rings is 1. The van der Waals surface area contributed by atoms with Gasteiger partial charge in [0.1, 0.15) is 0 Å². The maximum absolute atomic E-state index is 10.8. The Morgan fingerprint density at radius 1 is 1.11 bits per heavy atom. The van der Waals surface area contributed by atoms with Crippen molar-refractivity contribution in [1.29, 1.82) is 0 Å². The first-order valence-corrected chi connectivity index (χ1v) is 11.4. The van der Waals surface area contributed by atoms with Gasteiger partial charge in [0.05, 0.1) is 13.2 Å². The first-order valence-electron chi connectivity index (χ1n) is 11.4. The fraction of sp³-hybridized carbons (Fsp3) is 0.760. The zero-order valence-electron chi connectivity index (χ0n) is 18.2. The molecule has 2 fully saturated rings. The molecule has 156 valence electrons. The lowest BCUT2D eigenvalue weighted by Crippen LogP contribution is -2.45. The lowest BCUT2D eigenvalue weighted by atomic mass is 9.53. The first-order chi connectivity index (χ1) is 13.3. The second-order valence-corrected chi connectivity index (χ2v) is 10.5. The van der Waals surface area contributed by atoms with Gasteiger partial charge in [-0.3, -0.25) is 0 Å². The zero-order chi connectivity index (χ0) is 20.2. The third-order valence-electron chi connectivity index (χ3n) is 8.95. The summed E-state index contributed by atoms with van der Waals surface area (Å²) in [6, 6.07) is 4.05. The summed E-state index contributed by atoms with van der Waals surface area (Å²) >= 11 is 0. The molecule has 1 aromatic carbocycles. The molecule has 2 N–H and O–H groups in total. The number of aliphatic hydroxyl groups is 1. The average Bonchev–Trinajstić information content (AvgIpc) is 3.03. The Hall–Kier alpha value is -1.22. The smallest absolute Gasteiger partial charge is 0.160 e. The highest BCUT2D eigenvalue weighted by atomic mass is 16.5. The first kappa shape index (κ1) is 20.1. The minimum atomic E-state index is -0.197. The van der Waals surface area contributed by atoms with E-state index in [0.717, 1.165) is 18.3 Å². The number of aromatic hydroxyl groups is 1. The van der Waals surface area contributed by atoms with Crippen molar-refractivity contribution in [3.63, 3.8) is 0 Å². The van der Waals surface area contributed by atoms with Crippen molar-refractivity contribution in [1.82, 2.24) is 0 Å². The third kappa shape index (κ3) is 2.96. The van der Waals surface area contributed by atoms with E-state index in [-0.39, 0.29) is 11.9 Å². The van der Waals surface area contributed by atoms with E-state index in [1.165, 1.54) is 43.2 Å². The van der Waals surface area contributed by atoms with Crippen molar-refractivity contribution in [2.24, 2.45) is 35.0 Å². The number of phenolic OH excluding ortho intramolecular Hbond substituents is 1. The van der Waals surface area contributed by atoms with E-state index in [0.29, 0.717) is 34.8 Å². The van der Waals surface area contributed by atoms with E-state index >= 15 is 0 Å². The molecule has 3 heteroatoms. The quantitative estimate of drug-likeness (QED) is 0.716. The number of aliphatic hydroxyl groups excluding tert-OH is 1. The highest BCUT2D eigenvalue weighted by molar-refractivity contribution is 5.49. The minimum absolute atomic E-state index is 0.197. The van der Waals surface area contributed by atoms with Crippen LogP contribution in [0.1, 0.15) is 76.8 Å². The van der Waals surface area contributed by atoms with E-state index in [1.54, 1.807) is 7.11 Å². The van der Waals surface area contributed by atoms with E-state index in [4.69, 9.17) is 4.74 Å². The number of aryl methyl sites for hydroxylation is 1. The highest BCUT2D eigenvalue weighted by Gasteiger charge is 2.56. The second kappa shape index (κ2) is 7.23. The molecule has 0 spiro atoms. The number of methoxy groups -OCH3 is 1. The molecular formula is C25H38O3. The fourth-order valence-electron chi connectivity index (χ4n) is 7.50. The van der Waals surface area contributed by atoms with Gasteiger partial charge in [0.25, 0.3) is 0 Å². The van der Waals surface area contributed by atoms with Crippen LogP contribution in [0.25, 0.3) is 0 Å². The van der Waals surface area contributed by atoms with Crippen LogP contribution in [-0.4, -0.2) is 23.4 Å². The van der Waals surface area contributed by atoms with Crippen molar-refractivity contribution >= 4 is 0 Å². The Balaban J connectivity index is 1.62. The van der Waals surface area contributed by atoms with E-state index < -0.39 is 0 Å². The van der Waals surface area contributed by atoms with Gasteiger partial charge in [-0.25, -0.2) is 0 Å². The normalized spacial score (nSPS) is 36.4. The fourth-order valence-corrected chi connectivity index (χ4v) is 7.50. The molecule has 0 aromatic heterocycles. The van der Waals surface area contributed by atoms with Crippen molar-refractivity contribution in [3.8, 4) is 11.5 Å². The van der Waals surface area contributed by atoms with Crippen LogP contribution >= 0.6 is 0 Å². The average molecular weight is 387 g/mol. The van der Waals surface area contributed by atoms with Crippen molar-refractivity contribution < 1.29 is 14.9 Å². The lowest BCUT2D eigenvalue weighted by Gasteiger charge is -2.52. The standard InChI is InChI=1S/C25H38O3/c1-14(2)24(27)15(3)20-8-9-21-18-7-6-16-12-22(26)23(28-5)13-19(16)17(18)10-11-25(20,21)4/h12-15,17-18,20-21,24,26-27H,6-11H2,1-5H3/t15-,17?,18?,20?,21?,24?,25+/m0/s1. The van der Waals surface area contributed by atoms with Crippen LogP contribution in [0.4, 0.5) is 0 Å². The van der Waals surface area contributed by atoms with Crippen LogP contribution in [0.15, 0.2) is 12.1 Å². The van der Waals surface area contributed by atoms with Gasteiger partial charge in [0, 0.05) is 0 Å². The van der Waals surface area contributed by atoms with Crippen molar-refractivity contribution in [2.75, 3.05) is 7.11 Å². The number of fused-ring (bicyclic) bond motifs is 5. The minimum Gasteiger partial charge on any atom is -0.504 e. The molecule has 5 unspecified atom stereocenters. The molecule has 3 nitrogen and oxygen atoms in total. The summed E-state index contributed by atoms with van der Waals surface area (Å²) in [6.45, 7) is 9.11. The summed E-state index contributed by atoms with van der Waals surface area (Å²) in [7, 11) is 1.64. The molecule has 7 atom stereocenters. The van der Waals surface area contributed by atoms with Crippen LogP contribution in [-0.2, 0) is 6.42 Å². The van der Waals surface area contributed by atoms with Gasteiger partial charge in [0.2, 0.25) is 0 Å². The summed E-state index contributed by atoms with van der Waals surface area (Å²) in [5.41, 5.74) is 3.10. The maximum Gasteiger partial charge on any atom is 0.160 e. The number of hydrogen-bond donors (Lipinski definition) is 2. The molecule has 0 aliphatic heterocycles. The van der Waals surface area contributed by atoms with E-state index in [1.807, 2.05) is 6.07 Å². The van der Waals surface area contributed by atoms with E-state index in [2.05, 4.69) is 33.8 Å². The number of phenols is 1. The zero-order valence-corrected chi connectivity index (χ0v) is 18.2. The Morgan fingerprint density at radius 2 is 1.86 bits per heavy atom. The molecule has 3 aliphatic rings. The SMILES string of the molecule is COc1cc2c(cc1O)CCC1C2CC[C@@]2(C)C1CCC2[C@H](C)C(O)C(C)C. The molecule has 0 heterocycles. The van der Waals surface area contributed by atoms with Crippen LogP contribution in [0.3, 0.4) is 0 Å². The Kier molecular flexibility index (Phi) is 5.18. The van der Waals surface area contributed by atoms with Gasteiger partial charge < -0.3 is 14.9 Å². The monoisotopic (exact) mass is 386 g/mol. The number of rotatable bonds is 4. The Bertz CT molecular complexity index is 727. The molecule has 28 heavy (non-hydrogen) atoms. The Labute approximate surface area is 170 Å². The molecule has 1 aromatic rings. The van der Waals surface area contributed by atoms with Crippen LogP contribution < -0.4 is 4.74 Å². The summed E-state index contributed by atoms with van der Waals surface area (Å²) in [5, 5.41) is 21.0. The summed E-state index contributed by atoms with van der Waals surface area (Å²) in [6.07, 6.45) is 7.15. The van der Waals surface area contributed by atoms with Gasteiger partial charge in [-0.1, -0.05) is 27.7 Å². The molecule has 2 saturated carbocycles.